The summed E-state index contributed by atoms with van der Waals surface area (Å²) in [6.45, 7) is 3.79. The van der Waals surface area contributed by atoms with Crippen molar-refractivity contribution in [1.82, 2.24) is 14.8 Å². The first kappa shape index (κ1) is 19.4. The van der Waals surface area contributed by atoms with Crippen LogP contribution >= 0.6 is 11.6 Å². The van der Waals surface area contributed by atoms with Gasteiger partial charge in [0.15, 0.2) is 0 Å². The van der Waals surface area contributed by atoms with Gasteiger partial charge in [-0.15, -0.1) is 0 Å². The zero-order chi connectivity index (χ0) is 20.1. The van der Waals surface area contributed by atoms with Gasteiger partial charge in [0.1, 0.15) is 11.3 Å². The molecule has 2 heterocycles. The molecule has 6 heteroatoms. The van der Waals surface area contributed by atoms with Gasteiger partial charge in [0.25, 0.3) is 5.91 Å². The quantitative estimate of drug-likeness (QED) is 0.625. The van der Waals surface area contributed by atoms with E-state index in [4.69, 9.17) is 16.3 Å². The van der Waals surface area contributed by atoms with Crippen LogP contribution in [-0.4, -0.2) is 46.9 Å². The van der Waals surface area contributed by atoms with Crippen LogP contribution in [0.25, 0.3) is 0 Å². The molecule has 0 spiro atoms. The summed E-state index contributed by atoms with van der Waals surface area (Å²) in [5.41, 5.74) is 1.67. The van der Waals surface area contributed by atoms with Gasteiger partial charge < -0.3 is 9.64 Å². The molecule has 2 aromatic carbocycles. The van der Waals surface area contributed by atoms with Crippen molar-refractivity contribution in [2.75, 3.05) is 26.2 Å². The van der Waals surface area contributed by atoms with Crippen LogP contribution in [0, 0.1) is 0 Å². The second kappa shape index (κ2) is 9.07. The van der Waals surface area contributed by atoms with Crippen LogP contribution < -0.4 is 4.74 Å². The predicted molar refractivity (Wildman–Crippen MR) is 113 cm³/mol. The van der Waals surface area contributed by atoms with Gasteiger partial charge >= 0.3 is 0 Å². The number of pyridine rings is 1. The summed E-state index contributed by atoms with van der Waals surface area (Å²) < 4.78 is 5.85. The molecule has 1 amide bonds. The molecule has 0 unspecified atom stereocenters. The molecule has 1 aromatic heterocycles. The Balaban J connectivity index is 1.40. The van der Waals surface area contributed by atoms with Gasteiger partial charge in [-0.25, -0.2) is 4.98 Å². The fourth-order valence-corrected chi connectivity index (χ4v) is 3.62. The van der Waals surface area contributed by atoms with Crippen molar-refractivity contribution in [2.24, 2.45) is 0 Å². The van der Waals surface area contributed by atoms with Crippen molar-refractivity contribution >= 4 is 17.5 Å². The van der Waals surface area contributed by atoms with E-state index < -0.39 is 0 Å². The van der Waals surface area contributed by atoms with Crippen molar-refractivity contribution in [2.45, 2.75) is 6.54 Å². The Labute approximate surface area is 175 Å². The highest BCUT2D eigenvalue weighted by Gasteiger charge is 2.25. The fraction of sp³-hybridized carbons (Fsp3) is 0.217. The number of nitrogens with zero attached hydrogens (tertiary/aromatic N) is 3. The maximum Gasteiger partial charge on any atom is 0.259 e. The number of carbonyl (C=O) groups is 1. The summed E-state index contributed by atoms with van der Waals surface area (Å²) in [5.74, 6) is 0.947. The molecule has 1 saturated heterocycles. The number of piperazine rings is 1. The van der Waals surface area contributed by atoms with Crippen molar-refractivity contribution < 1.29 is 9.53 Å². The largest absolute Gasteiger partial charge is 0.438 e. The third-order valence-electron chi connectivity index (χ3n) is 4.91. The van der Waals surface area contributed by atoms with Gasteiger partial charge in [0.2, 0.25) is 5.88 Å². The molecule has 0 atom stereocenters. The molecule has 148 valence electrons. The van der Waals surface area contributed by atoms with E-state index in [2.05, 4.69) is 16.0 Å². The monoisotopic (exact) mass is 407 g/mol. The van der Waals surface area contributed by atoms with E-state index in [9.17, 15) is 4.79 Å². The van der Waals surface area contributed by atoms with E-state index in [1.165, 1.54) is 5.56 Å². The molecule has 0 aliphatic carbocycles. The topological polar surface area (TPSA) is 45.7 Å². The molecule has 0 bridgehead atoms. The van der Waals surface area contributed by atoms with E-state index in [1.807, 2.05) is 53.4 Å². The van der Waals surface area contributed by atoms with Crippen LogP contribution in [-0.2, 0) is 6.54 Å². The van der Waals surface area contributed by atoms with Crippen molar-refractivity contribution in [1.29, 1.82) is 0 Å². The number of ether oxygens (including phenoxy) is 1. The second-order valence-electron chi connectivity index (χ2n) is 6.97. The van der Waals surface area contributed by atoms with Gasteiger partial charge in [-0.3, -0.25) is 9.69 Å². The summed E-state index contributed by atoms with van der Waals surface area (Å²) in [5, 5.41) is 0.749. The number of halogens is 1. The molecule has 29 heavy (non-hydrogen) atoms. The average molecular weight is 408 g/mol. The summed E-state index contributed by atoms with van der Waals surface area (Å²) in [4.78, 5) is 21.6. The van der Waals surface area contributed by atoms with Crippen molar-refractivity contribution in [3.8, 4) is 11.6 Å². The summed E-state index contributed by atoms with van der Waals surface area (Å²) in [6.07, 6.45) is 1.64. The van der Waals surface area contributed by atoms with Crippen LogP contribution in [0.4, 0.5) is 0 Å². The maximum atomic E-state index is 13.1. The third kappa shape index (κ3) is 4.94. The molecule has 4 rings (SSSR count). The minimum Gasteiger partial charge on any atom is -0.438 e. The van der Waals surface area contributed by atoms with E-state index in [1.54, 1.807) is 18.3 Å². The third-order valence-corrected chi connectivity index (χ3v) is 5.15. The molecule has 0 radical (unpaired) electrons. The van der Waals surface area contributed by atoms with E-state index in [0.29, 0.717) is 30.3 Å². The van der Waals surface area contributed by atoms with Gasteiger partial charge in [-0.1, -0.05) is 41.9 Å². The lowest BCUT2D eigenvalue weighted by atomic mass is 10.1. The Morgan fingerprint density at radius 3 is 2.52 bits per heavy atom. The smallest absolute Gasteiger partial charge is 0.259 e. The SMILES string of the molecule is O=C(c1cccnc1Oc1ccccc1)N1CCN(Cc2cccc(Cl)c2)CC1. The first-order valence-electron chi connectivity index (χ1n) is 9.63. The average Bonchev–Trinajstić information content (AvgIpc) is 2.75. The highest BCUT2D eigenvalue weighted by molar-refractivity contribution is 6.30. The number of rotatable bonds is 5. The van der Waals surface area contributed by atoms with Gasteiger partial charge in [-0.2, -0.15) is 0 Å². The lowest BCUT2D eigenvalue weighted by Crippen LogP contribution is -2.48. The van der Waals surface area contributed by atoms with Crippen LogP contribution in [0.15, 0.2) is 72.9 Å². The summed E-state index contributed by atoms with van der Waals surface area (Å²) in [6, 6.07) is 20.8. The van der Waals surface area contributed by atoms with Gasteiger partial charge in [0, 0.05) is 43.9 Å². The van der Waals surface area contributed by atoms with E-state index in [-0.39, 0.29) is 5.91 Å². The highest BCUT2D eigenvalue weighted by atomic mass is 35.5. The number of hydrogen-bond acceptors (Lipinski definition) is 4. The number of benzene rings is 2. The Morgan fingerprint density at radius 2 is 1.76 bits per heavy atom. The summed E-state index contributed by atoms with van der Waals surface area (Å²) >= 11 is 6.08. The molecule has 3 aromatic rings. The van der Waals surface area contributed by atoms with Crippen LogP contribution in [0.2, 0.25) is 5.02 Å². The predicted octanol–water partition coefficient (Wildman–Crippen LogP) is 4.49. The van der Waals surface area contributed by atoms with Crippen LogP contribution in [0.5, 0.6) is 11.6 Å². The number of aromatic nitrogens is 1. The first-order chi connectivity index (χ1) is 14.2. The fourth-order valence-electron chi connectivity index (χ4n) is 3.41. The standard InChI is InChI=1S/C23H22ClN3O2/c24-19-7-4-6-18(16-19)17-26-12-14-27(15-13-26)23(28)21-10-5-11-25-22(21)29-20-8-2-1-3-9-20/h1-11,16H,12-15,17H2. The molecule has 0 saturated carbocycles. The van der Waals surface area contributed by atoms with Crippen LogP contribution in [0.3, 0.4) is 0 Å². The zero-order valence-electron chi connectivity index (χ0n) is 16.0. The zero-order valence-corrected chi connectivity index (χ0v) is 16.8. The Morgan fingerprint density at radius 1 is 0.966 bits per heavy atom. The van der Waals surface area contributed by atoms with Crippen molar-refractivity contribution in [3.63, 3.8) is 0 Å². The van der Waals surface area contributed by atoms with Gasteiger partial charge in [0.05, 0.1) is 0 Å². The van der Waals surface area contributed by atoms with Gasteiger partial charge in [-0.05, 0) is 42.0 Å². The highest BCUT2D eigenvalue weighted by Crippen LogP contribution is 2.24. The Hall–Kier alpha value is -2.89. The van der Waals surface area contributed by atoms with Crippen molar-refractivity contribution in [3.05, 3.63) is 89.1 Å². The minimum atomic E-state index is -0.0496. The van der Waals surface area contributed by atoms with Crippen LogP contribution in [0.1, 0.15) is 15.9 Å². The Kier molecular flexibility index (Phi) is 6.08. The molecular weight excluding hydrogens is 386 g/mol. The first-order valence-corrected chi connectivity index (χ1v) is 10.0. The number of hydrogen-bond donors (Lipinski definition) is 0. The Bertz CT molecular complexity index is 973. The lowest BCUT2D eigenvalue weighted by molar-refractivity contribution is 0.0625. The second-order valence-corrected chi connectivity index (χ2v) is 7.41. The number of carbonyl (C=O) groups excluding carboxylic acids is 1. The lowest BCUT2D eigenvalue weighted by Gasteiger charge is -2.35. The number of para-hydroxylation sites is 1. The molecule has 0 N–H and O–H groups in total. The van der Waals surface area contributed by atoms with E-state index >= 15 is 0 Å². The number of amides is 1. The summed E-state index contributed by atoms with van der Waals surface area (Å²) in [7, 11) is 0. The molecule has 1 aliphatic rings. The maximum absolute atomic E-state index is 13.1. The molecule has 1 aliphatic heterocycles. The van der Waals surface area contributed by atoms with E-state index in [0.717, 1.165) is 24.7 Å². The molecule has 5 nitrogen and oxygen atoms in total. The normalized spacial score (nSPS) is 14.6. The minimum absolute atomic E-state index is 0.0496. The molecular formula is C23H22ClN3O2. The molecule has 1 fully saturated rings.